The van der Waals surface area contributed by atoms with Crippen LogP contribution < -0.4 is 14.8 Å². The quantitative estimate of drug-likeness (QED) is 0.663. The number of thioether (sulfide) groups is 1. The van der Waals surface area contributed by atoms with Crippen LogP contribution in [0.3, 0.4) is 0 Å². The lowest BCUT2D eigenvalue weighted by atomic mass is 10.2. The molecule has 2 rings (SSSR count). The highest BCUT2D eigenvalue weighted by Gasteiger charge is 2.11. The Hall–Kier alpha value is -2.67. The van der Waals surface area contributed by atoms with Crippen molar-refractivity contribution in [3.8, 4) is 11.5 Å². The molecule has 144 valence electrons. The molecule has 1 amide bonds. The van der Waals surface area contributed by atoms with Crippen LogP contribution in [-0.2, 0) is 20.1 Å². The number of carbonyl (C=O) groups is 2. The number of benzene rings is 2. The van der Waals surface area contributed by atoms with Crippen LogP contribution in [0.1, 0.15) is 11.1 Å². The van der Waals surface area contributed by atoms with Crippen molar-refractivity contribution in [2.75, 3.05) is 31.9 Å². The smallest absolute Gasteiger partial charge is 0.316 e. The van der Waals surface area contributed by atoms with Crippen molar-refractivity contribution in [3.05, 3.63) is 53.6 Å². The molecule has 0 fully saturated rings. The van der Waals surface area contributed by atoms with Gasteiger partial charge >= 0.3 is 5.97 Å². The van der Waals surface area contributed by atoms with Gasteiger partial charge in [0.05, 0.1) is 25.7 Å². The van der Waals surface area contributed by atoms with E-state index in [9.17, 15) is 9.59 Å². The van der Waals surface area contributed by atoms with Crippen LogP contribution in [0.5, 0.6) is 11.5 Å². The van der Waals surface area contributed by atoms with E-state index in [4.69, 9.17) is 14.2 Å². The van der Waals surface area contributed by atoms with Gasteiger partial charge in [0.25, 0.3) is 5.91 Å². The maximum absolute atomic E-state index is 12.0. The van der Waals surface area contributed by atoms with Gasteiger partial charge in [-0.1, -0.05) is 29.8 Å². The van der Waals surface area contributed by atoms with Crippen LogP contribution in [-0.4, -0.2) is 38.5 Å². The number of aryl methyl sites for hydroxylation is 1. The summed E-state index contributed by atoms with van der Waals surface area (Å²) in [7, 11) is 3.04. The molecule has 0 saturated carbocycles. The second-order valence-corrected chi connectivity index (χ2v) is 6.74. The first-order valence-corrected chi connectivity index (χ1v) is 9.48. The molecule has 0 heterocycles. The van der Waals surface area contributed by atoms with Gasteiger partial charge in [-0.2, -0.15) is 0 Å². The van der Waals surface area contributed by atoms with E-state index in [-0.39, 0.29) is 12.4 Å². The Balaban J connectivity index is 1.73. The summed E-state index contributed by atoms with van der Waals surface area (Å²) >= 11 is 1.45. The highest BCUT2D eigenvalue weighted by Crippen LogP contribution is 2.28. The highest BCUT2D eigenvalue weighted by molar-refractivity contribution is 7.99. The number of nitrogens with one attached hydrogen (secondary N) is 1. The Morgan fingerprint density at radius 3 is 2.44 bits per heavy atom. The lowest BCUT2D eigenvalue weighted by Crippen LogP contribution is -2.22. The van der Waals surface area contributed by atoms with E-state index in [1.54, 1.807) is 25.3 Å². The first kappa shape index (κ1) is 20.6. The van der Waals surface area contributed by atoms with E-state index in [1.807, 2.05) is 31.2 Å². The van der Waals surface area contributed by atoms with E-state index in [0.717, 1.165) is 5.56 Å². The van der Waals surface area contributed by atoms with Crippen molar-refractivity contribution in [2.45, 2.75) is 12.7 Å². The van der Waals surface area contributed by atoms with Crippen molar-refractivity contribution >= 4 is 29.3 Å². The Labute approximate surface area is 163 Å². The van der Waals surface area contributed by atoms with Gasteiger partial charge in [-0.25, -0.2) is 0 Å². The van der Waals surface area contributed by atoms with Crippen molar-refractivity contribution < 1.29 is 23.8 Å². The summed E-state index contributed by atoms with van der Waals surface area (Å²) in [6.07, 6.45) is 0. The van der Waals surface area contributed by atoms with Crippen LogP contribution >= 0.6 is 11.8 Å². The summed E-state index contributed by atoms with van der Waals surface area (Å²) in [6.45, 7) is 1.68. The minimum Gasteiger partial charge on any atom is -0.497 e. The predicted octanol–water partition coefficient (Wildman–Crippen LogP) is 3.43. The number of anilines is 1. The van der Waals surface area contributed by atoms with Gasteiger partial charge in [0, 0.05) is 11.8 Å². The molecule has 0 aromatic heterocycles. The molecular weight excluding hydrogens is 366 g/mol. The molecule has 6 nitrogen and oxygen atoms in total. The van der Waals surface area contributed by atoms with Crippen LogP contribution in [0.2, 0.25) is 0 Å². The number of hydrogen-bond donors (Lipinski definition) is 1. The van der Waals surface area contributed by atoms with E-state index in [2.05, 4.69) is 5.32 Å². The van der Waals surface area contributed by atoms with Crippen LogP contribution in [0.25, 0.3) is 0 Å². The Bertz CT molecular complexity index is 776. The summed E-state index contributed by atoms with van der Waals surface area (Å²) < 4.78 is 15.3. The first-order valence-electron chi connectivity index (χ1n) is 8.32. The molecule has 0 aliphatic rings. The normalized spacial score (nSPS) is 10.2. The average molecular weight is 389 g/mol. The van der Waals surface area contributed by atoms with Gasteiger partial charge in [-0.15, -0.1) is 11.8 Å². The van der Waals surface area contributed by atoms with Crippen molar-refractivity contribution in [1.29, 1.82) is 0 Å². The molecule has 0 atom stereocenters. The number of ether oxygens (including phenoxy) is 3. The molecule has 0 unspecified atom stereocenters. The van der Waals surface area contributed by atoms with Gasteiger partial charge in [-0.05, 0) is 24.6 Å². The molecule has 0 radical (unpaired) electrons. The third kappa shape index (κ3) is 6.86. The fraction of sp³-hybridized carbons (Fsp3) is 0.300. The molecule has 27 heavy (non-hydrogen) atoms. The zero-order valence-electron chi connectivity index (χ0n) is 15.6. The summed E-state index contributed by atoms with van der Waals surface area (Å²) in [4.78, 5) is 23.8. The van der Waals surface area contributed by atoms with Crippen LogP contribution in [0.4, 0.5) is 5.69 Å². The molecule has 2 aromatic carbocycles. The van der Waals surface area contributed by atoms with Gasteiger partial charge < -0.3 is 19.5 Å². The molecule has 0 bridgehead atoms. The number of methoxy groups -OCH3 is 2. The third-order valence-corrected chi connectivity index (χ3v) is 4.63. The largest absolute Gasteiger partial charge is 0.497 e. The zero-order valence-corrected chi connectivity index (χ0v) is 16.4. The first-order chi connectivity index (χ1) is 13.0. The summed E-state index contributed by atoms with van der Waals surface area (Å²) in [5.41, 5.74) is 2.82. The van der Waals surface area contributed by atoms with Crippen molar-refractivity contribution in [2.24, 2.45) is 0 Å². The minimum atomic E-state index is -0.435. The molecule has 0 spiro atoms. The van der Waals surface area contributed by atoms with Crippen LogP contribution in [0, 0.1) is 6.92 Å². The maximum atomic E-state index is 12.0. The number of rotatable bonds is 9. The molecular formula is C20H23NO5S. The van der Waals surface area contributed by atoms with E-state index < -0.39 is 11.9 Å². The molecule has 0 aliphatic heterocycles. The molecule has 0 saturated heterocycles. The average Bonchev–Trinajstić information content (AvgIpc) is 2.68. The number of amides is 1. The van der Waals surface area contributed by atoms with E-state index in [0.29, 0.717) is 22.9 Å². The van der Waals surface area contributed by atoms with Gasteiger partial charge in [-0.3, -0.25) is 9.59 Å². The highest BCUT2D eigenvalue weighted by atomic mass is 32.2. The second-order valence-electron chi connectivity index (χ2n) is 5.75. The predicted molar refractivity (Wildman–Crippen MR) is 106 cm³/mol. The maximum Gasteiger partial charge on any atom is 0.316 e. The molecule has 0 aliphatic carbocycles. The fourth-order valence-corrected chi connectivity index (χ4v) is 2.99. The Morgan fingerprint density at radius 2 is 1.78 bits per heavy atom. The van der Waals surface area contributed by atoms with Gasteiger partial charge in [0.15, 0.2) is 6.61 Å². The number of esters is 1. The van der Waals surface area contributed by atoms with Gasteiger partial charge in [0.1, 0.15) is 11.5 Å². The second kappa shape index (κ2) is 10.5. The lowest BCUT2D eigenvalue weighted by Gasteiger charge is -2.11. The summed E-state index contributed by atoms with van der Waals surface area (Å²) in [6, 6.07) is 13.1. The molecule has 7 heteroatoms. The Kier molecular flexibility index (Phi) is 8.00. The Morgan fingerprint density at radius 1 is 1.04 bits per heavy atom. The van der Waals surface area contributed by atoms with Crippen molar-refractivity contribution in [3.63, 3.8) is 0 Å². The molecule has 2 aromatic rings. The van der Waals surface area contributed by atoms with Gasteiger partial charge in [0.2, 0.25) is 0 Å². The molecule has 1 N–H and O–H groups in total. The SMILES string of the molecule is COc1ccc(NC(=O)COC(=O)CSCc2ccc(C)cc2)c(OC)c1. The zero-order chi connectivity index (χ0) is 19.6. The summed E-state index contributed by atoms with van der Waals surface area (Å²) in [5, 5.41) is 2.65. The topological polar surface area (TPSA) is 73.9 Å². The van der Waals surface area contributed by atoms with E-state index in [1.165, 1.54) is 24.4 Å². The monoisotopic (exact) mass is 389 g/mol. The van der Waals surface area contributed by atoms with E-state index >= 15 is 0 Å². The standard InChI is InChI=1S/C20H23NO5S/c1-14-4-6-15(7-5-14)12-27-13-20(23)26-11-19(22)21-17-9-8-16(24-2)10-18(17)25-3/h4-10H,11-13H2,1-3H3,(H,21,22). The fourth-order valence-electron chi connectivity index (χ4n) is 2.21. The van der Waals surface area contributed by atoms with Crippen molar-refractivity contribution in [1.82, 2.24) is 0 Å². The number of carbonyl (C=O) groups excluding carboxylic acids is 2. The third-order valence-electron chi connectivity index (χ3n) is 3.66. The van der Waals surface area contributed by atoms with Crippen LogP contribution in [0.15, 0.2) is 42.5 Å². The minimum absolute atomic E-state index is 0.188. The summed E-state index contributed by atoms with van der Waals surface area (Å²) in [5.74, 6) is 1.11. The number of hydrogen-bond acceptors (Lipinski definition) is 6. The lowest BCUT2D eigenvalue weighted by molar-refractivity contribution is -0.144.